The Kier molecular flexibility index (Phi) is 3.00. The quantitative estimate of drug-likeness (QED) is 0.741. The van der Waals surface area contributed by atoms with Crippen molar-refractivity contribution in [1.82, 2.24) is 0 Å². The van der Waals surface area contributed by atoms with Gasteiger partial charge in [0.1, 0.15) is 4.99 Å². The van der Waals surface area contributed by atoms with Gasteiger partial charge in [-0.25, -0.2) is 0 Å². The first-order valence-electron chi connectivity index (χ1n) is 6.27. The number of hydrogen-bond donors (Lipinski definition) is 0. The third kappa shape index (κ3) is 1.63. The molecule has 2 aromatic rings. The molecule has 1 aliphatic heterocycles. The SMILES string of the molecule is CCCCN1C(=S)c2cccc3c(Cl)ccc1c23. The van der Waals surface area contributed by atoms with Gasteiger partial charge in [-0.2, -0.15) is 0 Å². The van der Waals surface area contributed by atoms with Crippen LogP contribution in [0.5, 0.6) is 0 Å². The highest BCUT2D eigenvalue weighted by molar-refractivity contribution is 7.81. The predicted molar refractivity (Wildman–Crippen MR) is 82.9 cm³/mol. The van der Waals surface area contributed by atoms with Gasteiger partial charge in [0.05, 0.1) is 5.69 Å². The molecule has 0 atom stereocenters. The lowest BCUT2D eigenvalue weighted by molar-refractivity contribution is 0.801. The van der Waals surface area contributed by atoms with Crippen molar-refractivity contribution in [3.05, 3.63) is 40.9 Å². The molecule has 2 aromatic carbocycles. The topological polar surface area (TPSA) is 3.24 Å². The van der Waals surface area contributed by atoms with Crippen LogP contribution in [0.2, 0.25) is 5.02 Å². The van der Waals surface area contributed by atoms with Crippen LogP contribution in [0.15, 0.2) is 30.3 Å². The second-order valence-electron chi connectivity index (χ2n) is 4.60. The summed E-state index contributed by atoms with van der Waals surface area (Å²) < 4.78 is 0. The Morgan fingerprint density at radius 1 is 1.22 bits per heavy atom. The summed E-state index contributed by atoms with van der Waals surface area (Å²) >= 11 is 11.9. The Morgan fingerprint density at radius 2 is 2.06 bits per heavy atom. The standard InChI is InChI=1S/C15H14ClNS/c1-2-3-9-17-13-8-7-12(16)10-5-4-6-11(14(10)13)15(17)18/h4-8H,2-3,9H2,1H3. The van der Waals surface area contributed by atoms with E-state index in [-0.39, 0.29) is 0 Å². The Bertz CT molecular complexity index is 636. The molecule has 3 rings (SSSR count). The Hall–Kier alpha value is -1.12. The Balaban J connectivity index is 2.21. The van der Waals surface area contributed by atoms with Crippen molar-refractivity contribution in [2.24, 2.45) is 0 Å². The molecular weight excluding hydrogens is 262 g/mol. The molecule has 1 heterocycles. The normalized spacial score (nSPS) is 13.7. The minimum absolute atomic E-state index is 0.802. The number of nitrogens with zero attached hydrogens (tertiary/aromatic N) is 1. The van der Waals surface area contributed by atoms with Crippen LogP contribution < -0.4 is 4.90 Å². The van der Waals surface area contributed by atoms with E-state index in [9.17, 15) is 0 Å². The van der Waals surface area contributed by atoms with Crippen molar-refractivity contribution in [3.63, 3.8) is 0 Å². The van der Waals surface area contributed by atoms with Gasteiger partial charge in [0.15, 0.2) is 0 Å². The molecule has 0 unspecified atom stereocenters. The van der Waals surface area contributed by atoms with Crippen LogP contribution in [0.1, 0.15) is 25.3 Å². The maximum atomic E-state index is 6.27. The van der Waals surface area contributed by atoms with E-state index in [0.717, 1.165) is 33.9 Å². The van der Waals surface area contributed by atoms with E-state index in [1.54, 1.807) is 0 Å². The summed E-state index contributed by atoms with van der Waals surface area (Å²) in [6, 6.07) is 10.2. The van der Waals surface area contributed by atoms with E-state index >= 15 is 0 Å². The van der Waals surface area contributed by atoms with Crippen molar-refractivity contribution in [2.75, 3.05) is 11.4 Å². The molecule has 1 nitrogen and oxygen atoms in total. The number of halogens is 1. The van der Waals surface area contributed by atoms with E-state index in [4.69, 9.17) is 23.8 Å². The molecule has 0 N–H and O–H groups in total. The third-order valence-electron chi connectivity index (χ3n) is 3.47. The first kappa shape index (κ1) is 11.9. The summed E-state index contributed by atoms with van der Waals surface area (Å²) in [5.74, 6) is 0. The van der Waals surface area contributed by atoms with Crippen LogP contribution in [-0.4, -0.2) is 11.5 Å². The Morgan fingerprint density at radius 3 is 2.83 bits per heavy atom. The number of thiocarbonyl (C=S) groups is 1. The van der Waals surface area contributed by atoms with E-state index in [0.29, 0.717) is 0 Å². The molecule has 0 aromatic heterocycles. The van der Waals surface area contributed by atoms with E-state index < -0.39 is 0 Å². The largest absolute Gasteiger partial charge is 0.332 e. The second kappa shape index (κ2) is 4.52. The molecule has 0 fully saturated rings. The van der Waals surface area contributed by atoms with Crippen LogP contribution in [0.25, 0.3) is 10.8 Å². The molecular formula is C15H14ClNS. The summed E-state index contributed by atoms with van der Waals surface area (Å²) in [7, 11) is 0. The van der Waals surface area contributed by atoms with Crippen LogP contribution in [0, 0.1) is 0 Å². The van der Waals surface area contributed by atoms with Gasteiger partial charge >= 0.3 is 0 Å². The first-order valence-corrected chi connectivity index (χ1v) is 7.05. The van der Waals surface area contributed by atoms with Crippen molar-refractivity contribution >= 4 is 45.3 Å². The molecule has 3 heteroatoms. The molecule has 18 heavy (non-hydrogen) atoms. The minimum atomic E-state index is 0.802. The monoisotopic (exact) mass is 275 g/mol. The maximum Gasteiger partial charge on any atom is 0.114 e. The van der Waals surface area contributed by atoms with Crippen LogP contribution in [-0.2, 0) is 0 Å². The summed E-state index contributed by atoms with van der Waals surface area (Å²) in [4.78, 5) is 3.18. The lowest BCUT2D eigenvalue weighted by atomic mass is 10.1. The number of hydrogen-bond acceptors (Lipinski definition) is 1. The first-order chi connectivity index (χ1) is 8.74. The van der Waals surface area contributed by atoms with Gasteiger partial charge in [-0.15, -0.1) is 0 Å². The van der Waals surface area contributed by atoms with Gasteiger partial charge in [0.25, 0.3) is 0 Å². The van der Waals surface area contributed by atoms with Crippen molar-refractivity contribution < 1.29 is 0 Å². The summed E-state index contributed by atoms with van der Waals surface area (Å²) in [5.41, 5.74) is 2.36. The maximum absolute atomic E-state index is 6.27. The number of anilines is 1. The molecule has 1 aliphatic rings. The van der Waals surface area contributed by atoms with Crippen molar-refractivity contribution in [1.29, 1.82) is 0 Å². The highest BCUT2D eigenvalue weighted by Crippen LogP contribution is 2.40. The van der Waals surface area contributed by atoms with Crippen LogP contribution >= 0.6 is 23.8 Å². The molecule has 0 spiro atoms. The fourth-order valence-corrected chi connectivity index (χ4v) is 3.13. The lowest BCUT2D eigenvalue weighted by Gasteiger charge is -2.19. The van der Waals surface area contributed by atoms with E-state index in [1.807, 2.05) is 12.1 Å². The zero-order valence-electron chi connectivity index (χ0n) is 10.2. The fraction of sp³-hybridized carbons (Fsp3) is 0.267. The summed E-state index contributed by atoms with van der Waals surface area (Å²) in [6.07, 6.45) is 2.32. The van der Waals surface area contributed by atoms with Crippen molar-refractivity contribution in [3.8, 4) is 0 Å². The molecule has 92 valence electrons. The van der Waals surface area contributed by atoms with E-state index in [2.05, 4.69) is 30.0 Å². The number of benzene rings is 2. The van der Waals surface area contributed by atoms with Gasteiger partial charge in [-0.05, 0) is 18.6 Å². The van der Waals surface area contributed by atoms with Gasteiger partial charge in [-0.3, -0.25) is 0 Å². The molecule has 0 bridgehead atoms. The fourth-order valence-electron chi connectivity index (χ4n) is 2.55. The van der Waals surface area contributed by atoms with Gasteiger partial charge in [0.2, 0.25) is 0 Å². The zero-order valence-corrected chi connectivity index (χ0v) is 11.8. The molecule has 0 radical (unpaired) electrons. The summed E-state index contributed by atoms with van der Waals surface area (Å²) in [6.45, 7) is 3.18. The average molecular weight is 276 g/mol. The van der Waals surface area contributed by atoms with Gasteiger partial charge < -0.3 is 4.90 Å². The molecule has 0 aliphatic carbocycles. The second-order valence-corrected chi connectivity index (χ2v) is 5.40. The lowest BCUT2D eigenvalue weighted by Crippen LogP contribution is -2.26. The smallest absolute Gasteiger partial charge is 0.114 e. The van der Waals surface area contributed by atoms with Gasteiger partial charge in [0, 0.05) is 27.9 Å². The average Bonchev–Trinajstić information content (AvgIpc) is 2.66. The van der Waals surface area contributed by atoms with Crippen LogP contribution in [0.3, 0.4) is 0 Å². The third-order valence-corrected chi connectivity index (χ3v) is 4.24. The highest BCUT2D eigenvalue weighted by atomic mass is 35.5. The summed E-state index contributed by atoms with van der Waals surface area (Å²) in [5, 5.41) is 3.12. The van der Waals surface area contributed by atoms with Crippen molar-refractivity contribution in [2.45, 2.75) is 19.8 Å². The number of rotatable bonds is 3. The Labute approximate surface area is 117 Å². The highest BCUT2D eigenvalue weighted by Gasteiger charge is 2.26. The van der Waals surface area contributed by atoms with Crippen LogP contribution in [0.4, 0.5) is 5.69 Å². The number of unbranched alkanes of at least 4 members (excludes halogenated alkanes) is 1. The minimum Gasteiger partial charge on any atom is -0.332 e. The zero-order chi connectivity index (χ0) is 12.7. The molecule has 0 saturated heterocycles. The van der Waals surface area contributed by atoms with Gasteiger partial charge in [-0.1, -0.05) is 55.4 Å². The van der Waals surface area contributed by atoms with E-state index in [1.165, 1.54) is 17.5 Å². The molecule has 0 amide bonds. The predicted octanol–water partition coefficient (Wildman–Crippen LogP) is 4.79. The molecule has 0 saturated carbocycles.